The summed E-state index contributed by atoms with van der Waals surface area (Å²) >= 11 is 3.38. The maximum absolute atomic E-state index is 11.5. The molecule has 2 nitrogen and oxygen atoms in total. The number of para-hydroxylation sites is 1. The van der Waals surface area contributed by atoms with Crippen molar-refractivity contribution < 1.29 is 4.79 Å². The van der Waals surface area contributed by atoms with Crippen LogP contribution in [0.2, 0.25) is 0 Å². The third-order valence-electron chi connectivity index (χ3n) is 1.96. The highest BCUT2D eigenvalue weighted by Gasteiger charge is 2.03. The van der Waals surface area contributed by atoms with Gasteiger partial charge in [-0.15, -0.1) is 6.58 Å². The average Bonchev–Trinajstić information content (AvgIpc) is 2.22. The lowest BCUT2D eigenvalue weighted by Crippen LogP contribution is -2.11. The number of rotatable bonds is 5. The van der Waals surface area contributed by atoms with Gasteiger partial charge in [0.15, 0.2) is 0 Å². The van der Waals surface area contributed by atoms with E-state index in [1.54, 1.807) is 0 Å². The molecule has 1 aromatic rings. The summed E-state index contributed by atoms with van der Waals surface area (Å²) in [6.45, 7) is 3.62. The molecule has 0 unspecified atom stereocenters. The monoisotopic (exact) mass is 267 g/mol. The molecule has 0 spiro atoms. The van der Waals surface area contributed by atoms with Crippen molar-refractivity contribution in [3.05, 3.63) is 41.4 Å². The van der Waals surface area contributed by atoms with E-state index >= 15 is 0 Å². The summed E-state index contributed by atoms with van der Waals surface area (Å²) in [4.78, 5) is 11.5. The van der Waals surface area contributed by atoms with E-state index in [-0.39, 0.29) is 5.91 Å². The second kappa shape index (κ2) is 6.40. The number of nitrogens with one attached hydrogen (secondary N) is 1. The van der Waals surface area contributed by atoms with Gasteiger partial charge in [0.1, 0.15) is 0 Å². The number of amides is 1. The van der Waals surface area contributed by atoms with Gasteiger partial charge in [-0.05, 0) is 40.9 Å². The fourth-order valence-corrected chi connectivity index (χ4v) is 1.57. The predicted molar refractivity (Wildman–Crippen MR) is 66.8 cm³/mol. The molecule has 1 amide bonds. The Morgan fingerprint density at radius 1 is 1.47 bits per heavy atom. The average molecular weight is 268 g/mol. The van der Waals surface area contributed by atoms with E-state index in [4.69, 9.17) is 0 Å². The molecule has 0 aromatic heterocycles. The molecule has 80 valence electrons. The maximum atomic E-state index is 11.5. The lowest BCUT2D eigenvalue weighted by molar-refractivity contribution is -0.116. The minimum atomic E-state index is 0.0451. The van der Waals surface area contributed by atoms with Gasteiger partial charge >= 0.3 is 0 Å². The first-order chi connectivity index (χ1) is 7.24. The molecular formula is C12H14BrNO. The Hall–Kier alpha value is -1.09. The van der Waals surface area contributed by atoms with Crippen LogP contribution in [0.25, 0.3) is 0 Å². The minimum absolute atomic E-state index is 0.0451. The van der Waals surface area contributed by atoms with E-state index in [9.17, 15) is 4.79 Å². The van der Waals surface area contributed by atoms with Crippen LogP contribution in [0.1, 0.15) is 19.3 Å². The van der Waals surface area contributed by atoms with Gasteiger partial charge in [0.25, 0.3) is 0 Å². The Kier molecular flexibility index (Phi) is 5.12. The summed E-state index contributed by atoms with van der Waals surface area (Å²) in [5.41, 5.74) is 0.820. The highest BCUT2D eigenvalue weighted by atomic mass is 79.9. The number of unbranched alkanes of at least 4 members (excludes halogenated alkanes) is 1. The maximum Gasteiger partial charge on any atom is 0.224 e. The number of hydrogen-bond donors (Lipinski definition) is 1. The van der Waals surface area contributed by atoms with Crippen molar-refractivity contribution in [2.75, 3.05) is 5.32 Å². The smallest absolute Gasteiger partial charge is 0.224 e. The molecule has 1 N–H and O–H groups in total. The molecule has 1 rings (SSSR count). The Bertz CT molecular complexity index is 349. The van der Waals surface area contributed by atoms with Crippen LogP contribution in [0.5, 0.6) is 0 Å². The molecule has 0 aliphatic heterocycles. The topological polar surface area (TPSA) is 29.1 Å². The summed E-state index contributed by atoms with van der Waals surface area (Å²) in [5, 5.41) is 2.85. The number of carbonyl (C=O) groups is 1. The summed E-state index contributed by atoms with van der Waals surface area (Å²) < 4.78 is 0.905. The SMILES string of the molecule is C=CCCCC(=O)Nc1ccccc1Br. The molecule has 3 heteroatoms. The van der Waals surface area contributed by atoms with Crippen molar-refractivity contribution in [1.82, 2.24) is 0 Å². The highest BCUT2D eigenvalue weighted by molar-refractivity contribution is 9.10. The normalized spacial score (nSPS) is 9.67. The van der Waals surface area contributed by atoms with Gasteiger partial charge in [-0.2, -0.15) is 0 Å². The van der Waals surface area contributed by atoms with E-state index < -0.39 is 0 Å². The van der Waals surface area contributed by atoms with Gasteiger partial charge < -0.3 is 5.32 Å². The van der Waals surface area contributed by atoms with Gasteiger partial charge in [-0.3, -0.25) is 4.79 Å². The number of halogens is 1. The van der Waals surface area contributed by atoms with Crippen molar-refractivity contribution in [1.29, 1.82) is 0 Å². The third-order valence-corrected chi connectivity index (χ3v) is 2.65. The zero-order valence-corrected chi connectivity index (χ0v) is 10.1. The molecular weight excluding hydrogens is 254 g/mol. The standard InChI is InChI=1S/C12H14BrNO/c1-2-3-4-9-12(15)14-11-8-6-5-7-10(11)13/h2,5-8H,1,3-4,9H2,(H,14,15). The Balaban J connectivity index is 2.44. The number of hydrogen-bond acceptors (Lipinski definition) is 1. The second-order valence-corrected chi connectivity index (χ2v) is 4.06. The van der Waals surface area contributed by atoms with Crippen LogP contribution >= 0.6 is 15.9 Å². The summed E-state index contributed by atoms with van der Waals surface area (Å²) in [7, 11) is 0. The third kappa shape index (κ3) is 4.30. The van der Waals surface area contributed by atoms with E-state index in [2.05, 4.69) is 27.8 Å². The van der Waals surface area contributed by atoms with Crippen molar-refractivity contribution in [2.45, 2.75) is 19.3 Å². The highest BCUT2D eigenvalue weighted by Crippen LogP contribution is 2.21. The zero-order valence-electron chi connectivity index (χ0n) is 8.50. The van der Waals surface area contributed by atoms with Crippen LogP contribution < -0.4 is 5.32 Å². The number of allylic oxidation sites excluding steroid dienone is 1. The molecule has 1 aromatic carbocycles. The number of carbonyl (C=O) groups excluding carboxylic acids is 1. The first kappa shape index (κ1) is 12.0. The van der Waals surface area contributed by atoms with Crippen molar-refractivity contribution in [2.24, 2.45) is 0 Å². The molecule has 0 radical (unpaired) electrons. The van der Waals surface area contributed by atoms with Crippen molar-refractivity contribution in [3.8, 4) is 0 Å². The molecule has 15 heavy (non-hydrogen) atoms. The molecule has 0 aliphatic rings. The van der Waals surface area contributed by atoms with Gasteiger partial charge in [-0.1, -0.05) is 18.2 Å². The van der Waals surface area contributed by atoms with E-state index in [0.717, 1.165) is 23.0 Å². The van der Waals surface area contributed by atoms with E-state index in [1.807, 2.05) is 30.3 Å². The largest absolute Gasteiger partial charge is 0.325 e. The first-order valence-electron chi connectivity index (χ1n) is 4.89. The predicted octanol–water partition coefficient (Wildman–Crippen LogP) is 3.74. The van der Waals surface area contributed by atoms with Gasteiger partial charge in [-0.25, -0.2) is 0 Å². The second-order valence-electron chi connectivity index (χ2n) is 3.21. The van der Waals surface area contributed by atoms with Gasteiger partial charge in [0, 0.05) is 10.9 Å². The van der Waals surface area contributed by atoms with Crippen LogP contribution in [-0.4, -0.2) is 5.91 Å². The molecule has 0 bridgehead atoms. The van der Waals surface area contributed by atoms with Crippen LogP contribution in [0.3, 0.4) is 0 Å². The Morgan fingerprint density at radius 2 is 2.20 bits per heavy atom. The van der Waals surface area contributed by atoms with Crippen LogP contribution in [-0.2, 0) is 4.79 Å². The van der Waals surface area contributed by atoms with Crippen LogP contribution in [0, 0.1) is 0 Å². The van der Waals surface area contributed by atoms with Crippen molar-refractivity contribution in [3.63, 3.8) is 0 Å². The molecule has 0 atom stereocenters. The summed E-state index contributed by atoms with van der Waals surface area (Å²) in [6, 6.07) is 7.58. The van der Waals surface area contributed by atoms with Gasteiger partial charge in [0.2, 0.25) is 5.91 Å². The van der Waals surface area contributed by atoms with E-state index in [0.29, 0.717) is 6.42 Å². The number of anilines is 1. The van der Waals surface area contributed by atoms with Crippen molar-refractivity contribution >= 4 is 27.5 Å². The molecule has 0 saturated carbocycles. The molecule has 0 fully saturated rings. The lowest BCUT2D eigenvalue weighted by Gasteiger charge is -2.06. The molecule has 0 heterocycles. The fraction of sp³-hybridized carbons (Fsp3) is 0.250. The van der Waals surface area contributed by atoms with Crippen LogP contribution in [0.15, 0.2) is 41.4 Å². The fourth-order valence-electron chi connectivity index (χ4n) is 1.18. The van der Waals surface area contributed by atoms with Crippen LogP contribution in [0.4, 0.5) is 5.69 Å². The zero-order chi connectivity index (χ0) is 11.1. The quantitative estimate of drug-likeness (QED) is 0.639. The summed E-state index contributed by atoms with van der Waals surface area (Å²) in [6.07, 6.45) is 4.09. The molecule has 0 saturated heterocycles. The minimum Gasteiger partial charge on any atom is -0.325 e. The first-order valence-corrected chi connectivity index (χ1v) is 5.68. The van der Waals surface area contributed by atoms with Gasteiger partial charge in [0.05, 0.1) is 5.69 Å². The Labute approximate surface area is 98.5 Å². The number of benzene rings is 1. The lowest BCUT2D eigenvalue weighted by atomic mass is 10.2. The molecule has 0 aliphatic carbocycles. The van der Waals surface area contributed by atoms with E-state index in [1.165, 1.54) is 0 Å². The summed E-state index contributed by atoms with van der Waals surface area (Å²) in [5.74, 6) is 0.0451. The Morgan fingerprint density at radius 3 is 2.87 bits per heavy atom.